The molecule has 9 heteroatoms. The third-order valence-corrected chi connectivity index (χ3v) is 7.12. The van der Waals surface area contributed by atoms with E-state index in [4.69, 9.17) is 14.2 Å². The fraction of sp³-hybridized carbons (Fsp3) is 0.269. The molecule has 4 aromatic rings. The van der Waals surface area contributed by atoms with Gasteiger partial charge >= 0.3 is 11.7 Å². The molecule has 0 spiro atoms. The molecule has 0 aliphatic carbocycles. The van der Waals surface area contributed by atoms with Crippen molar-refractivity contribution in [2.24, 2.45) is 0 Å². The second-order valence-electron chi connectivity index (χ2n) is 7.84. The van der Waals surface area contributed by atoms with E-state index < -0.39 is 23.8 Å². The van der Waals surface area contributed by atoms with E-state index in [1.165, 1.54) is 15.9 Å². The third-order valence-electron chi connectivity index (χ3n) is 5.76. The summed E-state index contributed by atoms with van der Waals surface area (Å²) in [5.41, 5.74) is 1.33. The lowest BCUT2D eigenvalue weighted by Gasteiger charge is -2.14. The number of fused-ring (bicyclic) bond motifs is 1. The van der Waals surface area contributed by atoms with Crippen LogP contribution in [0.5, 0.6) is 11.5 Å². The number of methoxy groups -OCH3 is 2. The Hall–Kier alpha value is -3.85. The molecule has 0 fully saturated rings. The normalized spacial score (nSPS) is 11.0. The number of hydrogen-bond acceptors (Lipinski definition) is 7. The largest absolute Gasteiger partial charge is 0.497 e. The average Bonchev–Trinajstić information content (AvgIpc) is 3.21. The minimum Gasteiger partial charge on any atom is -0.497 e. The molecule has 0 radical (unpaired) electrons. The van der Waals surface area contributed by atoms with E-state index in [1.807, 2.05) is 55.5 Å². The number of aryl methyl sites for hydroxylation is 1. The van der Waals surface area contributed by atoms with Crippen LogP contribution in [0.3, 0.4) is 0 Å². The van der Waals surface area contributed by atoms with E-state index in [0.717, 1.165) is 31.9 Å². The molecule has 0 saturated carbocycles. The standard InChI is InChI=1S/C26H26N2O6S/c1-5-34-21(29)15-27-24(30)22-16(2)23(17-10-12-19(32-3)13-11-17)35-25(22)28(26(27)31)14-18-8-6-7-9-20(18)33-4/h6-13H,5,14-15H2,1-4H3. The molecule has 182 valence electrons. The van der Waals surface area contributed by atoms with Crippen molar-refractivity contribution in [1.82, 2.24) is 9.13 Å². The molecule has 4 rings (SSSR count). The van der Waals surface area contributed by atoms with Crippen LogP contribution < -0.4 is 20.7 Å². The summed E-state index contributed by atoms with van der Waals surface area (Å²) in [7, 11) is 3.16. The first-order valence-corrected chi connectivity index (χ1v) is 11.9. The second-order valence-corrected chi connectivity index (χ2v) is 8.84. The molecule has 0 N–H and O–H groups in total. The van der Waals surface area contributed by atoms with Crippen LogP contribution in [-0.2, 0) is 22.6 Å². The SMILES string of the molecule is CCOC(=O)Cn1c(=O)c2c(C)c(-c3ccc(OC)cc3)sc2n(Cc2ccccc2OC)c1=O. The molecule has 0 amide bonds. The number of carbonyl (C=O) groups is 1. The van der Waals surface area contributed by atoms with Crippen molar-refractivity contribution in [3.8, 4) is 21.9 Å². The highest BCUT2D eigenvalue weighted by molar-refractivity contribution is 7.22. The van der Waals surface area contributed by atoms with Gasteiger partial charge in [0.1, 0.15) is 22.9 Å². The molecule has 0 unspecified atom stereocenters. The Kier molecular flexibility index (Phi) is 7.07. The Morgan fingerprint density at radius 3 is 2.34 bits per heavy atom. The third kappa shape index (κ3) is 4.59. The summed E-state index contributed by atoms with van der Waals surface area (Å²) < 4.78 is 18.2. The van der Waals surface area contributed by atoms with E-state index >= 15 is 0 Å². The molecule has 0 bridgehead atoms. The smallest absolute Gasteiger partial charge is 0.332 e. The van der Waals surface area contributed by atoms with Crippen molar-refractivity contribution in [3.63, 3.8) is 0 Å². The number of ether oxygens (including phenoxy) is 3. The highest BCUT2D eigenvalue weighted by Crippen LogP contribution is 2.37. The van der Waals surface area contributed by atoms with Crippen LogP contribution in [0, 0.1) is 6.92 Å². The van der Waals surface area contributed by atoms with Gasteiger partial charge < -0.3 is 14.2 Å². The second kappa shape index (κ2) is 10.2. The van der Waals surface area contributed by atoms with Crippen LogP contribution in [0.4, 0.5) is 0 Å². The van der Waals surface area contributed by atoms with Crippen LogP contribution in [0.1, 0.15) is 18.1 Å². The Labute approximate surface area is 205 Å². The average molecular weight is 495 g/mol. The number of thiophene rings is 1. The molecule has 0 aliphatic heterocycles. The zero-order chi connectivity index (χ0) is 25.1. The molecular formula is C26H26N2O6S. The zero-order valence-electron chi connectivity index (χ0n) is 20.0. The van der Waals surface area contributed by atoms with Gasteiger partial charge in [-0.15, -0.1) is 11.3 Å². The van der Waals surface area contributed by atoms with Gasteiger partial charge in [0.05, 0.1) is 32.8 Å². The van der Waals surface area contributed by atoms with Gasteiger partial charge in [0.15, 0.2) is 0 Å². The van der Waals surface area contributed by atoms with Crippen molar-refractivity contribution in [3.05, 3.63) is 80.5 Å². The lowest BCUT2D eigenvalue weighted by atomic mass is 10.1. The number of carbonyl (C=O) groups excluding carboxylic acids is 1. The van der Waals surface area contributed by atoms with Crippen LogP contribution >= 0.6 is 11.3 Å². The minimum atomic E-state index is -0.641. The van der Waals surface area contributed by atoms with E-state index in [2.05, 4.69) is 0 Å². The van der Waals surface area contributed by atoms with Gasteiger partial charge in [-0.25, -0.2) is 9.36 Å². The monoisotopic (exact) mass is 494 g/mol. The molecule has 2 heterocycles. The van der Waals surface area contributed by atoms with Crippen LogP contribution in [0.15, 0.2) is 58.1 Å². The maximum atomic E-state index is 13.6. The van der Waals surface area contributed by atoms with Gasteiger partial charge in [0.2, 0.25) is 0 Å². The highest BCUT2D eigenvalue weighted by Gasteiger charge is 2.23. The predicted molar refractivity (Wildman–Crippen MR) is 136 cm³/mol. The zero-order valence-corrected chi connectivity index (χ0v) is 20.8. The summed E-state index contributed by atoms with van der Waals surface area (Å²) >= 11 is 1.37. The first kappa shape index (κ1) is 24.3. The van der Waals surface area contributed by atoms with Gasteiger partial charge in [-0.1, -0.05) is 18.2 Å². The first-order valence-electron chi connectivity index (χ1n) is 11.1. The van der Waals surface area contributed by atoms with E-state index in [1.54, 1.807) is 21.1 Å². The Balaban J connectivity index is 1.98. The number of hydrogen-bond donors (Lipinski definition) is 0. The van der Waals surface area contributed by atoms with Gasteiger partial charge in [-0.2, -0.15) is 0 Å². The van der Waals surface area contributed by atoms with Crippen molar-refractivity contribution in [2.45, 2.75) is 26.9 Å². The summed E-state index contributed by atoms with van der Waals surface area (Å²) in [6.07, 6.45) is 0. The molecule has 0 atom stereocenters. The van der Waals surface area contributed by atoms with Gasteiger partial charge in [-0.05, 0) is 55.3 Å². The van der Waals surface area contributed by atoms with Crippen LogP contribution in [0.2, 0.25) is 0 Å². The molecule has 2 aromatic heterocycles. The quantitative estimate of drug-likeness (QED) is 0.346. The Morgan fingerprint density at radius 1 is 0.971 bits per heavy atom. The van der Waals surface area contributed by atoms with E-state index in [9.17, 15) is 14.4 Å². The number of benzene rings is 2. The Bertz CT molecular complexity index is 1500. The predicted octanol–water partition coefficient (Wildman–Crippen LogP) is 3.83. The van der Waals surface area contributed by atoms with Gasteiger partial charge in [0, 0.05) is 10.4 Å². The molecule has 2 aromatic carbocycles. The van der Waals surface area contributed by atoms with Crippen molar-refractivity contribution < 1.29 is 19.0 Å². The summed E-state index contributed by atoms with van der Waals surface area (Å²) in [5, 5.41) is 0.402. The molecule has 0 aliphatic rings. The fourth-order valence-corrected chi connectivity index (χ4v) is 5.33. The summed E-state index contributed by atoms with van der Waals surface area (Å²) in [6, 6.07) is 14.9. The van der Waals surface area contributed by atoms with E-state index in [0.29, 0.717) is 16.0 Å². The molecule has 0 saturated heterocycles. The minimum absolute atomic E-state index is 0.157. The fourth-order valence-electron chi connectivity index (χ4n) is 4.03. The highest BCUT2D eigenvalue weighted by atomic mass is 32.1. The molecular weight excluding hydrogens is 468 g/mol. The number of aromatic nitrogens is 2. The molecule has 8 nitrogen and oxygen atoms in total. The number of esters is 1. The topological polar surface area (TPSA) is 88.8 Å². The number of para-hydroxylation sites is 1. The van der Waals surface area contributed by atoms with Crippen molar-refractivity contribution >= 4 is 27.5 Å². The van der Waals surface area contributed by atoms with E-state index in [-0.39, 0.29) is 13.2 Å². The maximum Gasteiger partial charge on any atom is 0.332 e. The maximum absolute atomic E-state index is 13.6. The summed E-state index contributed by atoms with van der Waals surface area (Å²) in [6.45, 7) is 3.40. The van der Waals surface area contributed by atoms with Crippen LogP contribution in [0.25, 0.3) is 20.7 Å². The first-order chi connectivity index (χ1) is 16.9. The van der Waals surface area contributed by atoms with Gasteiger partial charge in [0.25, 0.3) is 5.56 Å². The summed E-state index contributed by atoms with van der Waals surface area (Å²) in [4.78, 5) is 40.7. The Morgan fingerprint density at radius 2 is 1.69 bits per heavy atom. The lowest BCUT2D eigenvalue weighted by molar-refractivity contribution is -0.143. The number of nitrogens with zero attached hydrogens (tertiary/aromatic N) is 2. The van der Waals surface area contributed by atoms with Crippen molar-refractivity contribution in [1.29, 1.82) is 0 Å². The van der Waals surface area contributed by atoms with Gasteiger partial charge in [-0.3, -0.25) is 14.2 Å². The molecule has 35 heavy (non-hydrogen) atoms. The lowest BCUT2D eigenvalue weighted by Crippen LogP contribution is -2.42. The number of rotatable bonds is 8. The summed E-state index contributed by atoms with van der Waals surface area (Å²) in [5.74, 6) is 0.704. The van der Waals surface area contributed by atoms with Crippen LogP contribution in [-0.4, -0.2) is 35.9 Å². The van der Waals surface area contributed by atoms with Crippen molar-refractivity contribution in [2.75, 3.05) is 20.8 Å².